The van der Waals surface area contributed by atoms with Gasteiger partial charge in [0.05, 0.1) is 6.04 Å². The number of amides is 2. The van der Waals surface area contributed by atoms with Gasteiger partial charge >= 0.3 is 6.03 Å². The van der Waals surface area contributed by atoms with Gasteiger partial charge in [0, 0.05) is 12.6 Å². The molecule has 2 amide bonds. The molecule has 3 atom stereocenters. The maximum Gasteiger partial charge on any atom is 0.315 e. The molecule has 0 saturated heterocycles. The van der Waals surface area contributed by atoms with Gasteiger partial charge in [-0.1, -0.05) is 43.7 Å². The molecule has 1 aliphatic carbocycles. The fourth-order valence-electron chi connectivity index (χ4n) is 2.62. The smallest absolute Gasteiger partial charge is 0.315 e. The van der Waals surface area contributed by atoms with Crippen molar-refractivity contribution in [2.24, 2.45) is 5.92 Å². The van der Waals surface area contributed by atoms with Crippen molar-refractivity contribution in [3.8, 4) is 0 Å². The number of aliphatic hydroxyl groups is 1. The second kappa shape index (κ2) is 7.29. The second-order valence-corrected chi connectivity index (χ2v) is 5.48. The molecule has 0 bridgehead atoms. The Balaban J connectivity index is 1.84. The normalized spacial score (nSPS) is 22.1. The molecule has 0 heterocycles. The summed E-state index contributed by atoms with van der Waals surface area (Å²) >= 11 is 0. The number of hydrogen-bond acceptors (Lipinski definition) is 2. The van der Waals surface area contributed by atoms with Crippen molar-refractivity contribution in [2.75, 3.05) is 6.61 Å². The molecule has 110 valence electrons. The summed E-state index contributed by atoms with van der Waals surface area (Å²) < 4.78 is 0. The fraction of sp³-hybridized carbons (Fsp3) is 0.562. The molecule has 0 radical (unpaired) electrons. The van der Waals surface area contributed by atoms with Crippen LogP contribution < -0.4 is 10.6 Å². The van der Waals surface area contributed by atoms with E-state index < -0.39 is 0 Å². The Kier molecular flexibility index (Phi) is 5.41. The van der Waals surface area contributed by atoms with Crippen molar-refractivity contribution in [3.63, 3.8) is 0 Å². The summed E-state index contributed by atoms with van der Waals surface area (Å²) in [7, 11) is 0. The van der Waals surface area contributed by atoms with E-state index in [2.05, 4.69) is 17.6 Å². The van der Waals surface area contributed by atoms with Gasteiger partial charge < -0.3 is 15.7 Å². The number of aliphatic hydroxyl groups excluding tert-OH is 1. The van der Waals surface area contributed by atoms with Crippen molar-refractivity contribution in [1.82, 2.24) is 10.6 Å². The highest BCUT2D eigenvalue weighted by molar-refractivity contribution is 5.75. The summed E-state index contributed by atoms with van der Waals surface area (Å²) in [5.41, 5.74) is 1.03. The average Bonchev–Trinajstić information content (AvgIpc) is 3.17. The molecular formula is C16H24N2O2. The number of nitrogens with one attached hydrogen (secondary N) is 2. The first-order chi connectivity index (χ1) is 9.74. The zero-order valence-electron chi connectivity index (χ0n) is 12.0. The van der Waals surface area contributed by atoms with Gasteiger partial charge in [-0.25, -0.2) is 4.79 Å². The predicted molar refractivity (Wildman–Crippen MR) is 79.4 cm³/mol. The highest BCUT2D eigenvalue weighted by Gasteiger charge is 2.37. The van der Waals surface area contributed by atoms with Gasteiger partial charge in [-0.15, -0.1) is 0 Å². The SMILES string of the molecule is CCCC1CC1NC(=O)N[C@H](CCO)c1ccccc1. The monoisotopic (exact) mass is 276 g/mol. The standard InChI is InChI=1S/C16H24N2O2/c1-2-6-13-11-15(13)18-16(20)17-14(9-10-19)12-7-4-3-5-8-12/h3-5,7-8,13-15,19H,2,6,9-11H2,1H3,(H2,17,18,20)/t13?,14-,15?/m1/s1. The molecule has 2 unspecified atom stereocenters. The predicted octanol–water partition coefficient (Wildman–Crippen LogP) is 2.60. The van der Waals surface area contributed by atoms with E-state index in [1.165, 1.54) is 12.8 Å². The quantitative estimate of drug-likeness (QED) is 0.717. The minimum atomic E-state index is -0.135. The minimum Gasteiger partial charge on any atom is -0.396 e. The molecular weight excluding hydrogens is 252 g/mol. The lowest BCUT2D eigenvalue weighted by Crippen LogP contribution is -2.39. The first-order valence-corrected chi connectivity index (χ1v) is 7.47. The molecule has 0 spiro atoms. The summed E-state index contributed by atoms with van der Waals surface area (Å²) in [5.74, 6) is 0.652. The lowest BCUT2D eigenvalue weighted by atomic mass is 10.0. The Morgan fingerprint density at radius 1 is 1.40 bits per heavy atom. The summed E-state index contributed by atoms with van der Waals surface area (Å²) in [6.45, 7) is 2.23. The number of urea groups is 1. The third-order valence-corrected chi connectivity index (χ3v) is 3.82. The van der Waals surface area contributed by atoms with Crippen LogP contribution in [0.15, 0.2) is 30.3 Å². The van der Waals surface area contributed by atoms with Crippen molar-refractivity contribution >= 4 is 6.03 Å². The minimum absolute atomic E-state index is 0.0573. The molecule has 0 aromatic heterocycles. The van der Waals surface area contributed by atoms with Gasteiger partial charge in [0.2, 0.25) is 0 Å². The van der Waals surface area contributed by atoms with Crippen LogP contribution in [0.1, 0.15) is 44.2 Å². The van der Waals surface area contributed by atoms with E-state index in [0.717, 1.165) is 12.0 Å². The fourth-order valence-corrected chi connectivity index (χ4v) is 2.62. The molecule has 1 saturated carbocycles. The Bertz CT molecular complexity index is 422. The molecule has 0 aliphatic heterocycles. The van der Waals surface area contributed by atoms with Crippen LogP contribution in [0.25, 0.3) is 0 Å². The number of carbonyl (C=O) groups is 1. The largest absolute Gasteiger partial charge is 0.396 e. The number of benzene rings is 1. The van der Waals surface area contributed by atoms with Crippen molar-refractivity contribution < 1.29 is 9.90 Å². The summed E-state index contributed by atoms with van der Waals surface area (Å²) in [6, 6.07) is 9.84. The lowest BCUT2D eigenvalue weighted by molar-refractivity contribution is 0.228. The molecule has 20 heavy (non-hydrogen) atoms. The van der Waals surface area contributed by atoms with E-state index >= 15 is 0 Å². The number of rotatable bonds is 7. The molecule has 1 aromatic carbocycles. The van der Waals surface area contributed by atoms with Crippen molar-refractivity contribution in [2.45, 2.75) is 44.7 Å². The second-order valence-electron chi connectivity index (χ2n) is 5.48. The van der Waals surface area contributed by atoms with Gasteiger partial charge in [0.25, 0.3) is 0 Å². The molecule has 4 nitrogen and oxygen atoms in total. The highest BCUT2D eigenvalue weighted by atomic mass is 16.3. The zero-order valence-corrected chi connectivity index (χ0v) is 12.0. The molecule has 4 heteroatoms. The molecule has 1 fully saturated rings. The van der Waals surface area contributed by atoms with E-state index in [-0.39, 0.29) is 18.7 Å². The van der Waals surface area contributed by atoms with Crippen LogP contribution in [0.2, 0.25) is 0 Å². The van der Waals surface area contributed by atoms with Gasteiger partial charge in [0.1, 0.15) is 0 Å². The van der Waals surface area contributed by atoms with Crippen LogP contribution in [0.5, 0.6) is 0 Å². The maximum atomic E-state index is 12.0. The third kappa shape index (κ3) is 4.23. The van der Waals surface area contributed by atoms with E-state index in [0.29, 0.717) is 18.4 Å². The summed E-state index contributed by atoms with van der Waals surface area (Å²) in [5, 5.41) is 15.1. The average molecular weight is 276 g/mol. The summed E-state index contributed by atoms with van der Waals surface area (Å²) in [6.07, 6.45) is 3.98. The lowest BCUT2D eigenvalue weighted by Gasteiger charge is -2.18. The van der Waals surface area contributed by atoms with Gasteiger partial charge in [-0.3, -0.25) is 0 Å². The molecule has 2 rings (SSSR count). The Labute approximate surface area is 120 Å². The van der Waals surface area contributed by atoms with Crippen LogP contribution >= 0.6 is 0 Å². The van der Waals surface area contributed by atoms with Crippen LogP contribution in [-0.4, -0.2) is 23.8 Å². The maximum absolute atomic E-state index is 12.0. The molecule has 3 N–H and O–H groups in total. The van der Waals surface area contributed by atoms with E-state index in [4.69, 9.17) is 5.11 Å². The first kappa shape index (κ1) is 14.9. The van der Waals surface area contributed by atoms with Crippen LogP contribution in [-0.2, 0) is 0 Å². The van der Waals surface area contributed by atoms with E-state index in [1.54, 1.807) is 0 Å². The van der Waals surface area contributed by atoms with Crippen LogP contribution in [0.3, 0.4) is 0 Å². The van der Waals surface area contributed by atoms with Crippen molar-refractivity contribution in [3.05, 3.63) is 35.9 Å². The van der Waals surface area contributed by atoms with Gasteiger partial charge in [0.15, 0.2) is 0 Å². The van der Waals surface area contributed by atoms with E-state index in [1.807, 2.05) is 30.3 Å². The third-order valence-electron chi connectivity index (χ3n) is 3.82. The van der Waals surface area contributed by atoms with Crippen LogP contribution in [0.4, 0.5) is 4.79 Å². The molecule has 1 aromatic rings. The van der Waals surface area contributed by atoms with Gasteiger partial charge in [-0.05, 0) is 30.7 Å². The number of carbonyl (C=O) groups excluding carboxylic acids is 1. The topological polar surface area (TPSA) is 61.4 Å². The Hall–Kier alpha value is -1.55. The highest BCUT2D eigenvalue weighted by Crippen LogP contribution is 2.34. The van der Waals surface area contributed by atoms with Crippen LogP contribution in [0, 0.1) is 5.92 Å². The molecule has 1 aliphatic rings. The van der Waals surface area contributed by atoms with E-state index in [9.17, 15) is 4.79 Å². The first-order valence-electron chi connectivity index (χ1n) is 7.47. The Morgan fingerprint density at radius 2 is 2.15 bits per heavy atom. The number of hydrogen-bond donors (Lipinski definition) is 3. The summed E-state index contributed by atoms with van der Waals surface area (Å²) in [4.78, 5) is 12.0. The Morgan fingerprint density at radius 3 is 2.80 bits per heavy atom. The van der Waals surface area contributed by atoms with Crippen molar-refractivity contribution in [1.29, 1.82) is 0 Å². The zero-order chi connectivity index (χ0) is 14.4. The van der Waals surface area contributed by atoms with Gasteiger partial charge in [-0.2, -0.15) is 0 Å².